The normalized spacial score (nSPS) is 12.7. The number of benzene rings is 2. The van der Waals surface area contributed by atoms with E-state index in [1.807, 2.05) is 49.2 Å². The number of nitrogens with zero attached hydrogens (tertiary/aromatic N) is 1. The van der Waals surface area contributed by atoms with Crippen molar-refractivity contribution in [3.8, 4) is 0 Å². The smallest absolute Gasteiger partial charge is 0.241 e. The minimum atomic E-state index is -3.38. The van der Waals surface area contributed by atoms with E-state index in [1.165, 1.54) is 0 Å². The summed E-state index contributed by atoms with van der Waals surface area (Å²) in [7, 11) is -1.49. The summed E-state index contributed by atoms with van der Waals surface area (Å²) in [5, 5.41) is 2.85. The van der Waals surface area contributed by atoms with Crippen molar-refractivity contribution in [2.45, 2.75) is 26.4 Å². The average molecular weight is 375 g/mol. The van der Waals surface area contributed by atoms with Gasteiger partial charge in [-0.3, -0.25) is 14.4 Å². The summed E-state index contributed by atoms with van der Waals surface area (Å²) in [6.45, 7) is 4.29. The summed E-state index contributed by atoms with van der Waals surface area (Å²) >= 11 is 0. The van der Waals surface area contributed by atoms with Gasteiger partial charge in [0.2, 0.25) is 15.9 Å². The maximum absolute atomic E-state index is 12.5. The van der Waals surface area contributed by atoms with E-state index in [1.54, 1.807) is 25.1 Å². The Morgan fingerprint density at radius 2 is 1.81 bits per heavy atom. The maximum atomic E-state index is 12.5. The van der Waals surface area contributed by atoms with Crippen LogP contribution in [0.4, 0.5) is 11.4 Å². The van der Waals surface area contributed by atoms with Gasteiger partial charge in [0.15, 0.2) is 0 Å². The maximum Gasteiger partial charge on any atom is 0.241 e. The Kier molecular flexibility index (Phi) is 6.39. The van der Waals surface area contributed by atoms with Crippen molar-refractivity contribution >= 4 is 27.3 Å². The quantitative estimate of drug-likeness (QED) is 0.780. The van der Waals surface area contributed by atoms with Gasteiger partial charge in [-0.05, 0) is 44.2 Å². The number of amides is 1. The first kappa shape index (κ1) is 19.9. The summed E-state index contributed by atoms with van der Waals surface area (Å²) in [4.78, 5) is 14.5. The van der Waals surface area contributed by atoms with E-state index in [-0.39, 0.29) is 11.9 Å². The Bertz CT molecular complexity index is 867. The highest BCUT2D eigenvalue weighted by Crippen LogP contribution is 2.21. The van der Waals surface area contributed by atoms with Gasteiger partial charge in [0.05, 0.1) is 18.0 Å². The van der Waals surface area contributed by atoms with Crippen molar-refractivity contribution in [1.29, 1.82) is 0 Å². The molecule has 2 N–H and O–H groups in total. The molecule has 0 spiro atoms. The lowest BCUT2D eigenvalue weighted by molar-refractivity contribution is -0.120. The van der Waals surface area contributed by atoms with E-state index >= 15 is 0 Å². The molecule has 0 saturated carbocycles. The number of nitrogens with one attached hydrogen (secondary N) is 2. The van der Waals surface area contributed by atoms with Gasteiger partial charge in [-0.1, -0.05) is 36.4 Å². The molecule has 1 atom stereocenters. The number of aryl methyl sites for hydroxylation is 1. The van der Waals surface area contributed by atoms with Gasteiger partial charge in [0, 0.05) is 12.2 Å². The predicted molar refractivity (Wildman–Crippen MR) is 106 cm³/mol. The molecule has 7 heteroatoms. The fraction of sp³-hybridized carbons (Fsp3) is 0.316. The van der Waals surface area contributed by atoms with E-state index in [0.29, 0.717) is 17.9 Å². The number of carbonyl (C=O) groups is 1. The molecule has 0 aromatic heterocycles. The zero-order chi connectivity index (χ0) is 19.3. The lowest BCUT2D eigenvalue weighted by atomic mass is 10.1. The molecule has 0 bridgehead atoms. The van der Waals surface area contributed by atoms with Crippen molar-refractivity contribution < 1.29 is 13.2 Å². The molecule has 0 fully saturated rings. The highest BCUT2D eigenvalue weighted by atomic mass is 32.2. The second kappa shape index (κ2) is 8.33. The number of anilines is 2. The van der Waals surface area contributed by atoms with E-state index in [0.717, 1.165) is 17.4 Å². The Balaban J connectivity index is 2.05. The first-order valence-electron chi connectivity index (χ1n) is 8.29. The van der Waals surface area contributed by atoms with E-state index < -0.39 is 10.0 Å². The molecule has 6 nitrogen and oxygen atoms in total. The third kappa shape index (κ3) is 5.86. The molecule has 0 aliphatic carbocycles. The van der Waals surface area contributed by atoms with Gasteiger partial charge in [0.1, 0.15) is 0 Å². The van der Waals surface area contributed by atoms with Crippen LogP contribution in [0.5, 0.6) is 0 Å². The standard InChI is InChI=1S/C19H25N3O3S/c1-14-10-11-17(12-18(14)21-26(4,24)25)20-19(23)15(2)22(3)13-16-8-6-5-7-9-16/h5-12,15,21H,13H2,1-4H3,(H,20,23)/t15-/m1/s1. The van der Waals surface area contributed by atoms with Crippen molar-refractivity contribution in [1.82, 2.24) is 4.90 Å². The highest BCUT2D eigenvalue weighted by molar-refractivity contribution is 7.92. The number of sulfonamides is 1. The molecule has 1 amide bonds. The number of rotatable bonds is 7. The van der Waals surface area contributed by atoms with Crippen LogP contribution in [0.2, 0.25) is 0 Å². The van der Waals surface area contributed by atoms with Gasteiger partial charge >= 0.3 is 0 Å². The molecular formula is C19H25N3O3S. The topological polar surface area (TPSA) is 78.5 Å². The lowest BCUT2D eigenvalue weighted by Gasteiger charge is -2.24. The first-order chi connectivity index (χ1) is 12.2. The molecule has 0 radical (unpaired) electrons. The van der Waals surface area contributed by atoms with Crippen LogP contribution in [0, 0.1) is 6.92 Å². The summed E-state index contributed by atoms with van der Waals surface area (Å²) < 4.78 is 25.4. The molecule has 140 valence electrons. The summed E-state index contributed by atoms with van der Waals surface area (Å²) in [6, 6.07) is 14.7. The minimum Gasteiger partial charge on any atom is -0.325 e. The van der Waals surface area contributed by atoms with Crippen LogP contribution < -0.4 is 10.0 Å². The van der Waals surface area contributed by atoms with Crippen molar-refractivity contribution in [2.75, 3.05) is 23.3 Å². The molecule has 2 aromatic carbocycles. The van der Waals surface area contributed by atoms with E-state index in [4.69, 9.17) is 0 Å². The van der Waals surface area contributed by atoms with Gasteiger partial charge in [-0.25, -0.2) is 8.42 Å². The van der Waals surface area contributed by atoms with Crippen LogP contribution in [-0.4, -0.2) is 38.6 Å². The molecule has 2 rings (SSSR count). The van der Waals surface area contributed by atoms with Crippen LogP contribution >= 0.6 is 0 Å². The Labute approximate surface area is 155 Å². The molecule has 0 aliphatic rings. The van der Waals surface area contributed by atoms with Crippen molar-refractivity contribution in [2.24, 2.45) is 0 Å². The Morgan fingerprint density at radius 3 is 2.42 bits per heavy atom. The Hall–Kier alpha value is -2.38. The fourth-order valence-electron chi connectivity index (χ4n) is 2.46. The van der Waals surface area contributed by atoms with Crippen LogP contribution in [0.25, 0.3) is 0 Å². The molecule has 0 heterocycles. The zero-order valence-corrected chi connectivity index (χ0v) is 16.3. The third-order valence-corrected chi connectivity index (χ3v) is 4.71. The van der Waals surface area contributed by atoms with Gasteiger partial charge in [0.25, 0.3) is 0 Å². The molecule has 0 saturated heterocycles. The molecular weight excluding hydrogens is 350 g/mol. The molecule has 0 unspecified atom stereocenters. The van der Waals surface area contributed by atoms with Gasteiger partial charge in [-0.15, -0.1) is 0 Å². The number of likely N-dealkylation sites (N-methyl/N-ethyl adjacent to an activating group) is 1. The largest absolute Gasteiger partial charge is 0.325 e. The van der Waals surface area contributed by atoms with Crippen molar-refractivity contribution in [3.63, 3.8) is 0 Å². The van der Waals surface area contributed by atoms with Crippen LogP contribution in [0.1, 0.15) is 18.1 Å². The van der Waals surface area contributed by atoms with Crippen molar-refractivity contribution in [3.05, 3.63) is 59.7 Å². The molecule has 2 aromatic rings. The second-order valence-electron chi connectivity index (χ2n) is 6.47. The Morgan fingerprint density at radius 1 is 1.15 bits per heavy atom. The third-order valence-electron chi connectivity index (χ3n) is 4.12. The minimum absolute atomic E-state index is 0.155. The zero-order valence-electron chi connectivity index (χ0n) is 15.5. The summed E-state index contributed by atoms with van der Waals surface area (Å²) in [6.07, 6.45) is 1.10. The summed E-state index contributed by atoms with van der Waals surface area (Å²) in [5.74, 6) is -0.155. The number of carbonyl (C=O) groups excluding carboxylic acids is 1. The fourth-order valence-corrected chi connectivity index (χ4v) is 3.08. The van der Waals surface area contributed by atoms with Crippen LogP contribution in [0.3, 0.4) is 0 Å². The molecule has 0 aliphatic heterocycles. The average Bonchev–Trinajstić information content (AvgIpc) is 2.56. The number of hydrogen-bond acceptors (Lipinski definition) is 4. The van der Waals surface area contributed by atoms with Crippen LogP contribution in [0.15, 0.2) is 48.5 Å². The second-order valence-corrected chi connectivity index (χ2v) is 8.22. The van der Waals surface area contributed by atoms with Crippen LogP contribution in [-0.2, 0) is 21.4 Å². The number of hydrogen-bond donors (Lipinski definition) is 2. The first-order valence-corrected chi connectivity index (χ1v) is 10.2. The summed E-state index contributed by atoms with van der Waals surface area (Å²) in [5.41, 5.74) is 2.91. The highest BCUT2D eigenvalue weighted by Gasteiger charge is 2.18. The molecule has 26 heavy (non-hydrogen) atoms. The van der Waals surface area contributed by atoms with Gasteiger partial charge < -0.3 is 5.32 Å². The SMILES string of the molecule is Cc1ccc(NC(=O)[C@@H](C)N(C)Cc2ccccc2)cc1NS(C)(=O)=O. The lowest BCUT2D eigenvalue weighted by Crippen LogP contribution is -2.39. The van der Waals surface area contributed by atoms with E-state index in [9.17, 15) is 13.2 Å². The monoisotopic (exact) mass is 375 g/mol. The van der Waals surface area contributed by atoms with E-state index in [2.05, 4.69) is 10.0 Å². The predicted octanol–water partition coefficient (Wildman–Crippen LogP) is 2.83. The van der Waals surface area contributed by atoms with Gasteiger partial charge in [-0.2, -0.15) is 0 Å².